The molecule has 0 aliphatic heterocycles. The highest BCUT2D eigenvalue weighted by molar-refractivity contribution is 5.81. The molecule has 4 heteroatoms. The highest BCUT2D eigenvalue weighted by Crippen LogP contribution is 2.21. The van der Waals surface area contributed by atoms with Gasteiger partial charge in [-0.25, -0.2) is 0 Å². The van der Waals surface area contributed by atoms with Crippen molar-refractivity contribution in [3.05, 3.63) is 65.2 Å². The minimum atomic E-state index is -0.600. The van der Waals surface area contributed by atoms with Gasteiger partial charge in [0, 0.05) is 7.05 Å². The number of carbonyl (C=O) groups is 1. The lowest BCUT2D eigenvalue weighted by molar-refractivity contribution is -0.138. The molecule has 2 atom stereocenters. The molecule has 2 unspecified atom stereocenters. The van der Waals surface area contributed by atoms with Gasteiger partial charge >= 0.3 is 0 Å². The van der Waals surface area contributed by atoms with Crippen LogP contribution >= 0.6 is 0 Å². The Labute approximate surface area is 143 Å². The number of ether oxygens (including phenoxy) is 1. The van der Waals surface area contributed by atoms with Crippen molar-refractivity contribution in [2.24, 2.45) is 0 Å². The van der Waals surface area contributed by atoms with Gasteiger partial charge in [0.25, 0.3) is 5.91 Å². The Kier molecular flexibility index (Phi) is 5.99. The predicted octanol–water partition coefficient (Wildman–Crippen LogP) is 3.47. The number of likely N-dealkylation sites (N-methyl/N-ethyl adjacent to an activating group) is 1. The van der Waals surface area contributed by atoms with Crippen LogP contribution in [-0.2, 0) is 11.4 Å². The normalized spacial score (nSPS) is 13.2. The second-order valence-corrected chi connectivity index (χ2v) is 6.10. The summed E-state index contributed by atoms with van der Waals surface area (Å²) in [5.41, 5.74) is 3.04. The molecule has 2 aromatic carbocycles. The molecule has 0 aliphatic carbocycles. The Morgan fingerprint density at radius 1 is 1.17 bits per heavy atom. The molecule has 0 saturated heterocycles. The first-order chi connectivity index (χ1) is 11.4. The summed E-state index contributed by atoms with van der Waals surface area (Å²) in [6, 6.07) is 15.3. The largest absolute Gasteiger partial charge is 0.481 e. The van der Waals surface area contributed by atoms with E-state index in [0.29, 0.717) is 5.75 Å². The Balaban J connectivity index is 2.04. The summed E-state index contributed by atoms with van der Waals surface area (Å²) in [6.45, 7) is 5.73. The average molecular weight is 327 g/mol. The molecule has 0 heterocycles. The number of aliphatic hydroxyl groups is 1. The molecule has 0 saturated carbocycles. The molecule has 0 aromatic heterocycles. The van der Waals surface area contributed by atoms with Crippen LogP contribution in [0.1, 0.15) is 36.6 Å². The van der Waals surface area contributed by atoms with E-state index in [1.165, 1.54) is 5.56 Å². The van der Waals surface area contributed by atoms with E-state index >= 15 is 0 Å². The van der Waals surface area contributed by atoms with Crippen LogP contribution in [0.4, 0.5) is 0 Å². The van der Waals surface area contributed by atoms with Crippen LogP contribution in [0.15, 0.2) is 48.5 Å². The third-order valence-corrected chi connectivity index (χ3v) is 4.23. The van der Waals surface area contributed by atoms with E-state index in [1.54, 1.807) is 37.1 Å². The van der Waals surface area contributed by atoms with E-state index in [2.05, 4.69) is 0 Å². The lowest BCUT2D eigenvalue weighted by Gasteiger charge is -2.28. The number of hydrogen-bond donors (Lipinski definition) is 1. The van der Waals surface area contributed by atoms with Gasteiger partial charge in [0.05, 0.1) is 12.6 Å². The number of carbonyl (C=O) groups excluding carboxylic acids is 1. The minimum Gasteiger partial charge on any atom is -0.481 e. The van der Waals surface area contributed by atoms with Crippen LogP contribution in [0.25, 0.3) is 0 Å². The first-order valence-electron chi connectivity index (χ1n) is 8.12. The van der Waals surface area contributed by atoms with Crippen LogP contribution in [0.2, 0.25) is 0 Å². The summed E-state index contributed by atoms with van der Waals surface area (Å²) in [5.74, 6) is 0.497. The van der Waals surface area contributed by atoms with Crippen molar-refractivity contribution in [3.63, 3.8) is 0 Å². The lowest BCUT2D eigenvalue weighted by atomic mass is 10.1. The number of nitrogens with zero attached hydrogens (tertiary/aromatic N) is 1. The molecular weight excluding hydrogens is 302 g/mol. The molecule has 1 N–H and O–H groups in total. The zero-order valence-corrected chi connectivity index (χ0v) is 14.7. The average Bonchev–Trinajstić information content (AvgIpc) is 2.60. The van der Waals surface area contributed by atoms with Crippen molar-refractivity contribution in [1.29, 1.82) is 0 Å². The Bertz CT molecular complexity index is 682. The number of aliphatic hydroxyl groups excluding tert-OH is 1. The maximum atomic E-state index is 12.6. The fourth-order valence-corrected chi connectivity index (χ4v) is 2.52. The van der Waals surface area contributed by atoms with Gasteiger partial charge in [0.15, 0.2) is 6.10 Å². The highest BCUT2D eigenvalue weighted by atomic mass is 16.5. The number of aryl methyl sites for hydroxylation is 1. The molecule has 0 spiro atoms. The van der Waals surface area contributed by atoms with Crippen molar-refractivity contribution in [2.45, 2.75) is 39.5 Å². The summed E-state index contributed by atoms with van der Waals surface area (Å²) in [6.07, 6.45) is -0.600. The van der Waals surface area contributed by atoms with E-state index in [4.69, 9.17) is 4.74 Å². The molecule has 128 valence electrons. The fourth-order valence-electron chi connectivity index (χ4n) is 2.52. The molecule has 1 amide bonds. The first kappa shape index (κ1) is 18.0. The standard InChI is InChI=1S/C20H25NO3/c1-14-8-10-18(11-9-14)15(2)21(4)20(23)16(3)24-19-7-5-6-17(12-19)13-22/h5-12,15-16,22H,13H2,1-4H3. The van der Waals surface area contributed by atoms with Crippen LogP contribution < -0.4 is 4.74 Å². The highest BCUT2D eigenvalue weighted by Gasteiger charge is 2.24. The number of benzene rings is 2. The van der Waals surface area contributed by atoms with Gasteiger partial charge in [-0.15, -0.1) is 0 Å². The zero-order valence-electron chi connectivity index (χ0n) is 14.7. The van der Waals surface area contributed by atoms with Crippen LogP contribution in [-0.4, -0.2) is 29.1 Å². The number of hydrogen-bond acceptors (Lipinski definition) is 3. The summed E-state index contributed by atoms with van der Waals surface area (Å²) in [7, 11) is 1.79. The molecule has 0 radical (unpaired) electrons. The van der Waals surface area contributed by atoms with E-state index in [0.717, 1.165) is 11.1 Å². The quantitative estimate of drug-likeness (QED) is 0.884. The fraction of sp³-hybridized carbons (Fsp3) is 0.350. The van der Waals surface area contributed by atoms with Gasteiger partial charge in [-0.05, 0) is 44.0 Å². The molecule has 0 aliphatic rings. The van der Waals surface area contributed by atoms with E-state index < -0.39 is 6.10 Å². The van der Waals surface area contributed by atoms with E-state index in [1.807, 2.05) is 44.2 Å². The van der Waals surface area contributed by atoms with E-state index in [9.17, 15) is 9.90 Å². The van der Waals surface area contributed by atoms with Crippen molar-refractivity contribution < 1.29 is 14.6 Å². The second-order valence-electron chi connectivity index (χ2n) is 6.10. The summed E-state index contributed by atoms with van der Waals surface area (Å²) in [4.78, 5) is 14.3. The van der Waals surface area contributed by atoms with E-state index in [-0.39, 0.29) is 18.6 Å². The monoisotopic (exact) mass is 327 g/mol. The van der Waals surface area contributed by atoms with Crippen molar-refractivity contribution >= 4 is 5.91 Å². The summed E-state index contributed by atoms with van der Waals surface area (Å²) >= 11 is 0. The van der Waals surface area contributed by atoms with Crippen LogP contribution in [0.3, 0.4) is 0 Å². The number of amides is 1. The maximum absolute atomic E-state index is 12.6. The molecule has 0 fully saturated rings. The Morgan fingerprint density at radius 2 is 1.83 bits per heavy atom. The van der Waals surface area contributed by atoms with Crippen LogP contribution in [0, 0.1) is 6.92 Å². The van der Waals surface area contributed by atoms with Crippen molar-refractivity contribution in [3.8, 4) is 5.75 Å². The predicted molar refractivity (Wildman–Crippen MR) is 94.8 cm³/mol. The first-order valence-corrected chi connectivity index (χ1v) is 8.12. The van der Waals surface area contributed by atoms with Crippen molar-refractivity contribution in [2.75, 3.05) is 7.05 Å². The third-order valence-electron chi connectivity index (χ3n) is 4.23. The Hall–Kier alpha value is -2.33. The summed E-state index contributed by atoms with van der Waals surface area (Å²) < 4.78 is 5.74. The lowest BCUT2D eigenvalue weighted by Crippen LogP contribution is -2.39. The molecule has 2 rings (SSSR count). The molecule has 2 aromatic rings. The summed E-state index contributed by atoms with van der Waals surface area (Å²) in [5, 5.41) is 9.18. The maximum Gasteiger partial charge on any atom is 0.263 e. The second kappa shape index (κ2) is 7.97. The number of rotatable bonds is 6. The topological polar surface area (TPSA) is 49.8 Å². The van der Waals surface area contributed by atoms with Gasteiger partial charge in [-0.3, -0.25) is 4.79 Å². The molecule has 0 bridgehead atoms. The minimum absolute atomic E-state index is 0.0343. The van der Waals surface area contributed by atoms with Gasteiger partial charge in [-0.2, -0.15) is 0 Å². The van der Waals surface area contributed by atoms with Gasteiger partial charge < -0.3 is 14.7 Å². The van der Waals surface area contributed by atoms with Gasteiger partial charge in [0.2, 0.25) is 0 Å². The smallest absolute Gasteiger partial charge is 0.263 e. The van der Waals surface area contributed by atoms with Gasteiger partial charge in [0.1, 0.15) is 5.75 Å². The van der Waals surface area contributed by atoms with Crippen molar-refractivity contribution in [1.82, 2.24) is 4.90 Å². The molecular formula is C20H25NO3. The Morgan fingerprint density at radius 3 is 2.46 bits per heavy atom. The SMILES string of the molecule is Cc1ccc(C(C)N(C)C(=O)C(C)Oc2cccc(CO)c2)cc1. The zero-order chi connectivity index (χ0) is 17.7. The molecule has 24 heavy (non-hydrogen) atoms. The van der Waals surface area contributed by atoms with Crippen LogP contribution in [0.5, 0.6) is 5.75 Å². The van der Waals surface area contributed by atoms with Gasteiger partial charge in [-0.1, -0.05) is 42.0 Å². The molecule has 4 nitrogen and oxygen atoms in total. The third kappa shape index (κ3) is 4.36.